The van der Waals surface area contributed by atoms with Crippen LogP contribution in [0, 0.1) is 0 Å². The van der Waals surface area contributed by atoms with Crippen molar-refractivity contribution in [3.8, 4) is 0 Å². The van der Waals surface area contributed by atoms with E-state index in [4.69, 9.17) is 21.8 Å². The molecule has 1 aromatic heterocycles. The van der Waals surface area contributed by atoms with E-state index < -0.39 is 0 Å². The van der Waals surface area contributed by atoms with Gasteiger partial charge in [0.2, 0.25) is 0 Å². The summed E-state index contributed by atoms with van der Waals surface area (Å²) < 4.78 is 6.18. The average Bonchev–Trinajstić information content (AvgIpc) is 2.59. The van der Waals surface area contributed by atoms with E-state index >= 15 is 0 Å². The SMILES string of the molecule is Nc1c(Br)cccc1Cc1ccc(Cl)o1. The van der Waals surface area contributed by atoms with Crippen molar-refractivity contribution in [1.82, 2.24) is 0 Å². The second-order valence-electron chi connectivity index (χ2n) is 3.20. The number of hydrogen-bond donors (Lipinski definition) is 1. The number of benzene rings is 1. The van der Waals surface area contributed by atoms with Gasteiger partial charge in [-0.1, -0.05) is 12.1 Å². The third kappa shape index (κ3) is 2.36. The zero-order valence-electron chi connectivity index (χ0n) is 7.84. The van der Waals surface area contributed by atoms with E-state index in [1.807, 2.05) is 24.3 Å². The molecule has 4 heteroatoms. The van der Waals surface area contributed by atoms with Crippen molar-refractivity contribution in [1.29, 1.82) is 0 Å². The molecule has 0 saturated heterocycles. The molecule has 2 aromatic rings. The zero-order valence-corrected chi connectivity index (χ0v) is 10.2. The minimum atomic E-state index is 0.401. The van der Waals surface area contributed by atoms with Gasteiger partial charge in [0.05, 0.1) is 0 Å². The van der Waals surface area contributed by atoms with Gasteiger partial charge in [0.1, 0.15) is 5.76 Å². The van der Waals surface area contributed by atoms with Crippen molar-refractivity contribution in [3.05, 3.63) is 51.3 Å². The quantitative estimate of drug-likeness (QED) is 0.851. The molecule has 0 aliphatic carbocycles. The summed E-state index contributed by atoms with van der Waals surface area (Å²) >= 11 is 9.07. The van der Waals surface area contributed by atoms with Gasteiger partial charge in [-0.25, -0.2) is 0 Å². The predicted molar refractivity (Wildman–Crippen MR) is 65.1 cm³/mol. The standard InChI is InChI=1S/C11H9BrClNO/c12-9-3-1-2-7(11(9)14)6-8-4-5-10(13)15-8/h1-5H,6,14H2. The molecular weight excluding hydrogens is 277 g/mol. The van der Waals surface area contributed by atoms with E-state index in [9.17, 15) is 0 Å². The first-order chi connectivity index (χ1) is 7.16. The molecule has 2 N–H and O–H groups in total. The maximum Gasteiger partial charge on any atom is 0.193 e. The fraction of sp³-hybridized carbons (Fsp3) is 0.0909. The predicted octanol–water partition coefficient (Wildman–Crippen LogP) is 3.87. The lowest BCUT2D eigenvalue weighted by molar-refractivity contribution is 0.523. The van der Waals surface area contributed by atoms with E-state index in [0.29, 0.717) is 11.6 Å². The molecule has 0 saturated carbocycles. The molecular formula is C11H9BrClNO. The molecule has 0 bridgehead atoms. The van der Waals surface area contributed by atoms with Crippen molar-refractivity contribution in [2.24, 2.45) is 0 Å². The summed E-state index contributed by atoms with van der Waals surface area (Å²) in [7, 11) is 0. The molecule has 0 spiro atoms. The number of rotatable bonds is 2. The average molecular weight is 287 g/mol. The number of hydrogen-bond acceptors (Lipinski definition) is 2. The molecule has 0 atom stereocenters. The van der Waals surface area contributed by atoms with E-state index in [-0.39, 0.29) is 0 Å². The van der Waals surface area contributed by atoms with Gasteiger partial charge in [-0.3, -0.25) is 0 Å². The Bertz CT molecular complexity index is 481. The zero-order chi connectivity index (χ0) is 10.8. The van der Waals surface area contributed by atoms with Crippen LogP contribution in [0.3, 0.4) is 0 Å². The lowest BCUT2D eigenvalue weighted by Gasteiger charge is -2.05. The molecule has 0 amide bonds. The van der Waals surface area contributed by atoms with Gasteiger partial charge >= 0.3 is 0 Å². The molecule has 78 valence electrons. The van der Waals surface area contributed by atoms with Crippen LogP contribution in [0.25, 0.3) is 0 Å². The Hall–Kier alpha value is -0.930. The van der Waals surface area contributed by atoms with Crippen LogP contribution in [0.5, 0.6) is 0 Å². The van der Waals surface area contributed by atoms with Gasteiger partial charge in [0.25, 0.3) is 0 Å². The second kappa shape index (κ2) is 4.29. The second-order valence-corrected chi connectivity index (χ2v) is 4.42. The molecule has 0 fully saturated rings. The van der Waals surface area contributed by atoms with Gasteiger partial charge in [0, 0.05) is 16.6 Å². The molecule has 0 radical (unpaired) electrons. The fourth-order valence-electron chi connectivity index (χ4n) is 1.37. The molecule has 0 unspecified atom stereocenters. The first-order valence-corrected chi connectivity index (χ1v) is 5.61. The summed E-state index contributed by atoms with van der Waals surface area (Å²) in [5.41, 5.74) is 7.68. The largest absolute Gasteiger partial charge is 0.449 e. The summed E-state index contributed by atoms with van der Waals surface area (Å²) in [4.78, 5) is 0. The number of para-hydroxylation sites is 1. The van der Waals surface area contributed by atoms with Crippen molar-refractivity contribution in [2.45, 2.75) is 6.42 Å². The summed E-state index contributed by atoms with van der Waals surface area (Å²) in [6.45, 7) is 0. The van der Waals surface area contributed by atoms with Crippen LogP contribution in [-0.2, 0) is 6.42 Å². The summed E-state index contributed by atoms with van der Waals surface area (Å²) in [5.74, 6) is 0.810. The molecule has 2 rings (SSSR count). The number of furan rings is 1. The third-order valence-corrected chi connectivity index (χ3v) is 3.03. The molecule has 1 heterocycles. The van der Waals surface area contributed by atoms with Crippen molar-refractivity contribution in [3.63, 3.8) is 0 Å². The smallest absolute Gasteiger partial charge is 0.193 e. The van der Waals surface area contributed by atoms with Gasteiger partial charge in [0.15, 0.2) is 5.22 Å². The van der Waals surface area contributed by atoms with Crippen LogP contribution < -0.4 is 5.73 Å². The number of nitrogens with two attached hydrogens (primary N) is 1. The third-order valence-electron chi connectivity index (χ3n) is 2.14. The first-order valence-electron chi connectivity index (χ1n) is 4.44. The Balaban J connectivity index is 2.28. The highest BCUT2D eigenvalue weighted by atomic mass is 79.9. The van der Waals surface area contributed by atoms with Crippen LogP contribution in [-0.4, -0.2) is 0 Å². The monoisotopic (exact) mass is 285 g/mol. The van der Waals surface area contributed by atoms with E-state index in [0.717, 1.165) is 21.5 Å². The van der Waals surface area contributed by atoms with Crippen LogP contribution in [0.2, 0.25) is 5.22 Å². The van der Waals surface area contributed by atoms with Crippen molar-refractivity contribution in [2.75, 3.05) is 5.73 Å². The van der Waals surface area contributed by atoms with Crippen LogP contribution in [0.4, 0.5) is 5.69 Å². The van der Waals surface area contributed by atoms with Gasteiger partial charge in [-0.05, 0) is 51.3 Å². The van der Waals surface area contributed by atoms with Gasteiger partial charge < -0.3 is 10.2 Å². The summed E-state index contributed by atoms with van der Waals surface area (Å²) in [6, 6.07) is 9.40. The van der Waals surface area contributed by atoms with Crippen LogP contribution >= 0.6 is 27.5 Å². The fourth-order valence-corrected chi connectivity index (χ4v) is 1.94. The highest BCUT2D eigenvalue weighted by molar-refractivity contribution is 9.10. The number of anilines is 1. The van der Waals surface area contributed by atoms with E-state index in [1.165, 1.54) is 0 Å². The van der Waals surface area contributed by atoms with E-state index in [2.05, 4.69) is 15.9 Å². The highest BCUT2D eigenvalue weighted by Crippen LogP contribution is 2.26. The molecule has 2 nitrogen and oxygen atoms in total. The van der Waals surface area contributed by atoms with Crippen LogP contribution in [0.1, 0.15) is 11.3 Å². The molecule has 0 aliphatic rings. The molecule has 15 heavy (non-hydrogen) atoms. The van der Waals surface area contributed by atoms with E-state index in [1.54, 1.807) is 6.07 Å². The number of nitrogen functional groups attached to an aromatic ring is 1. The maximum atomic E-state index is 5.92. The minimum absolute atomic E-state index is 0.401. The topological polar surface area (TPSA) is 39.2 Å². The Morgan fingerprint density at radius 2 is 2.07 bits per heavy atom. The molecule has 1 aromatic carbocycles. The van der Waals surface area contributed by atoms with Gasteiger partial charge in [-0.2, -0.15) is 0 Å². The Morgan fingerprint density at radius 3 is 2.73 bits per heavy atom. The Kier molecular flexibility index (Phi) is 3.03. The lowest BCUT2D eigenvalue weighted by atomic mass is 10.1. The Labute approximate surface area is 101 Å². The molecule has 0 aliphatic heterocycles. The minimum Gasteiger partial charge on any atom is -0.449 e. The Morgan fingerprint density at radius 1 is 1.27 bits per heavy atom. The maximum absolute atomic E-state index is 5.92. The summed E-state index contributed by atoms with van der Waals surface area (Å²) in [5, 5.41) is 0.401. The van der Waals surface area contributed by atoms with Crippen molar-refractivity contribution >= 4 is 33.2 Å². The van der Waals surface area contributed by atoms with Crippen LogP contribution in [0.15, 0.2) is 39.2 Å². The highest BCUT2D eigenvalue weighted by Gasteiger charge is 2.06. The van der Waals surface area contributed by atoms with Crippen molar-refractivity contribution < 1.29 is 4.42 Å². The summed E-state index contributed by atoms with van der Waals surface area (Å²) in [6.07, 6.45) is 0.651. The van der Waals surface area contributed by atoms with Gasteiger partial charge in [-0.15, -0.1) is 0 Å². The lowest BCUT2D eigenvalue weighted by Crippen LogP contribution is -1.95. The number of halogens is 2. The normalized spacial score (nSPS) is 10.5. The first kappa shape index (κ1) is 10.6.